The predicted octanol–water partition coefficient (Wildman–Crippen LogP) is 18.8. The SMILES string of the molecule is CC.CC(C)c1ccc(N(c2ccc(F)cc2)c2ccc3c4c(ccc3c2)-c2ccc3cc(N(c5ccc(F)cc5)c5ccc(C(C)C)cc5)ccc3c2C42c3ccccc3-c3ccccc32)cc1. The van der Waals surface area contributed by atoms with Crippen LogP contribution in [0.3, 0.4) is 0 Å². The maximum Gasteiger partial charge on any atom is 0.123 e. The molecule has 2 aliphatic rings. The van der Waals surface area contributed by atoms with Gasteiger partial charge in [-0.15, -0.1) is 0 Å². The zero-order chi connectivity index (χ0) is 47.6. The van der Waals surface area contributed by atoms with Crippen molar-refractivity contribution in [1.29, 1.82) is 0 Å². The van der Waals surface area contributed by atoms with E-state index in [1.54, 1.807) is 0 Å². The summed E-state index contributed by atoms with van der Waals surface area (Å²) in [7, 11) is 0. The Labute approximate surface area is 404 Å². The van der Waals surface area contributed by atoms with E-state index in [1.165, 1.54) is 90.7 Å². The lowest BCUT2D eigenvalue weighted by molar-refractivity contribution is 0.627. The van der Waals surface area contributed by atoms with E-state index < -0.39 is 5.41 Å². The minimum Gasteiger partial charge on any atom is -0.310 e. The highest BCUT2D eigenvalue weighted by atomic mass is 19.1. The van der Waals surface area contributed by atoms with Crippen molar-refractivity contribution in [1.82, 2.24) is 0 Å². The van der Waals surface area contributed by atoms with Crippen molar-refractivity contribution in [2.75, 3.05) is 9.80 Å². The van der Waals surface area contributed by atoms with Crippen molar-refractivity contribution in [3.63, 3.8) is 0 Å². The highest BCUT2D eigenvalue weighted by molar-refractivity contribution is 6.10. The lowest BCUT2D eigenvalue weighted by Crippen LogP contribution is -2.26. The molecular formula is C65H54F2N2. The Morgan fingerprint density at radius 2 is 0.681 bits per heavy atom. The van der Waals surface area contributed by atoms with Gasteiger partial charge in [0.2, 0.25) is 0 Å². The molecule has 2 aliphatic carbocycles. The van der Waals surface area contributed by atoms with Crippen molar-refractivity contribution in [2.45, 2.75) is 58.8 Å². The minimum absolute atomic E-state index is 0.264. The van der Waals surface area contributed by atoms with E-state index in [1.807, 2.05) is 38.1 Å². The Morgan fingerprint density at radius 3 is 1.04 bits per heavy atom. The molecule has 0 amide bonds. The Morgan fingerprint density at radius 1 is 0.348 bits per heavy atom. The number of hydrogen-bond acceptors (Lipinski definition) is 2. The van der Waals surface area contributed by atoms with Gasteiger partial charge in [-0.25, -0.2) is 8.78 Å². The number of benzene rings is 10. The molecule has 1 spiro atoms. The van der Waals surface area contributed by atoms with Crippen molar-refractivity contribution < 1.29 is 8.78 Å². The molecule has 12 rings (SSSR count). The van der Waals surface area contributed by atoms with Gasteiger partial charge in [0.15, 0.2) is 0 Å². The largest absolute Gasteiger partial charge is 0.310 e. The summed E-state index contributed by atoms with van der Waals surface area (Å²) in [6, 6.07) is 71.8. The van der Waals surface area contributed by atoms with Crippen LogP contribution in [-0.2, 0) is 5.41 Å². The van der Waals surface area contributed by atoms with Crippen molar-refractivity contribution in [3.8, 4) is 22.3 Å². The van der Waals surface area contributed by atoms with E-state index in [9.17, 15) is 8.78 Å². The molecule has 0 aromatic heterocycles. The molecule has 4 heteroatoms. The van der Waals surface area contributed by atoms with Gasteiger partial charge in [-0.3, -0.25) is 0 Å². The first-order valence-electron chi connectivity index (χ1n) is 24.3. The highest BCUT2D eigenvalue weighted by Gasteiger charge is 2.53. The molecule has 10 aromatic carbocycles. The van der Waals surface area contributed by atoms with Crippen molar-refractivity contribution in [3.05, 3.63) is 251 Å². The van der Waals surface area contributed by atoms with Crippen LogP contribution in [0.15, 0.2) is 206 Å². The quantitative estimate of drug-likeness (QED) is 0.150. The summed E-state index contributed by atoms with van der Waals surface area (Å²) in [5.41, 5.74) is 17.8. The van der Waals surface area contributed by atoms with Gasteiger partial charge in [0.1, 0.15) is 11.6 Å². The van der Waals surface area contributed by atoms with Gasteiger partial charge in [0.05, 0.1) is 5.41 Å². The van der Waals surface area contributed by atoms with Crippen LogP contribution in [-0.4, -0.2) is 0 Å². The van der Waals surface area contributed by atoms with Gasteiger partial charge in [-0.2, -0.15) is 0 Å². The Bertz CT molecular complexity index is 3300. The third-order valence-electron chi connectivity index (χ3n) is 14.3. The summed E-state index contributed by atoms with van der Waals surface area (Å²) in [5.74, 6) is 0.280. The van der Waals surface area contributed by atoms with E-state index in [4.69, 9.17) is 0 Å². The summed E-state index contributed by atoms with van der Waals surface area (Å²) in [5, 5.41) is 4.63. The normalized spacial score (nSPS) is 12.7. The molecule has 10 aromatic rings. The summed E-state index contributed by atoms with van der Waals surface area (Å²) in [4.78, 5) is 4.44. The topological polar surface area (TPSA) is 6.48 Å². The van der Waals surface area contributed by atoms with Crippen LogP contribution >= 0.6 is 0 Å². The third-order valence-corrected chi connectivity index (χ3v) is 14.3. The number of halogens is 2. The van der Waals surface area contributed by atoms with Crippen molar-refractivity contribution in [2.24, 2.45) is 0 Å². The fourth-order valence-corrected chi connectivity index (χ4v) is 11.2. The molecule has 0 bridgehead atoms. The van der Waals surface area contributed by atoms with Crippen LogP contribution in [0.2, 0.25) is 0 Å². The summed E-state index contributed by atoms with van der Waals surface area (Å²) in [6.45, 7) is 12.8. The molecule has 0 heterocycles. The van der Waals surface area contributed by atoms with E-state index in [2.05, 4.69) is 195 Å². The Hall–Kier alpha value is -7.82. The molecule has 338 valence electrons. The number of rotatable bonds is 8. The standard InChI is InChI=1S/C63H48F2N2.C2H6/c1-39(2)41-13-23-47(24-14-41)66(49-27-19-45(64)20-28-49)51-31-35-53-43(37-51)17-33-57-58-34-18-44-38-52(67(50-29-21-46(65)22-30-50)48-25-15-42(16-26-48)40(3)4)32-36-54(44)62(58)63(61(53)57)59-11-7-5-9-55(59)56-10-6-8-12-60(56)63;1-2/h5-40H,1-4H3;1-2H3. The minimum atomic E-state index is -0.619. The fourth-order valence-electron chi connectivity index (χ4n) is 11.2. The molecule has 0 saturated heterocycles. The van der Waals surface area contributed by atoms with Crippen LogP contribution in [0.5, 0.6) is 0 Å². The number of fused-ring (bicyclic) bond motifs is 14. The van der Waals surface area contributed by atoms with E-state index in [0.717, 1.165) is 44.9 Å². The molecule has 0 unspecified atom stereocenters. The number of hydrogen-bond donors (Lipinski definition) is 0. The van der Waals surface area contributed by atoms with Crippen LogP contribution in [0.25, 0.3) is 43.8 Å². The predicted molar refractivity (Wildman–Crippen MR) is 287 cm³/mol. The Kier molecular flexibility index (Phi) is 11.0. The van der Waals surface area contributed by atoms with Gasteiger partial charge in [-0.1, -0.05) is 151 Å². The second kappa shape index (κ2) is 17.4. The van der Waals surface area contributed by atoms with Crippen molar-refractivity contribution >= 4 is 55.7 Å². The van der Waals surface area contributed by atoms with Crippen LogP contribution in [0, 0.1) is 11.6 Å². The molecule has 0 saturated carbocycles. The molecule has 69 heavy (non-hydrogen) atoms. The summed E-state index contributed by atoms with van der Waals surface area (Å²) in [6.07, 6.45) is 0. The zero-order valence-electron chi connectivity index (χ0n) is 39.9. The first-order chi connectivity index (χ1) is 33.7. The van der Waals surface area contributed by atoms with Gasteiger partial charge in [0.25, 0.3) is 0 Å². The van der Waals surface area contributed by atoms with Crippen LogP contribution < -0.4 is 9.80 Å². The zero-order valence-corrected chi connectivity index (χ0v) is 39.9. The first kappa shape index (κ1) is 43.7. The maximum absolute atomic E-state index is 14.4. The van der Waals surface area contributed by atoms with Crippen LogP contribution in [0.1, 0.15) is 86.8 Å². The van der Waals surface area contributed by atoms with E-state index in [0.29, 0.717) is 11.8 Å². The first-order valence-corrected chi connectivity index (χ1v) is 24.3. The van der Waals surface area contributed by atoms with Gasteiger partial charge >= 0.3 is 0 Å². The van der Waals surface area contributed by atoms with Gasteiger partial charge in [-0.05, 0) is 186 Å². The molecule has 0 fully saturated rings. The molecule has 0 N–H and O–H groups in total. The molecule has 0 aliphatic heterocycles. The number of nitrogens with zero attached hydrogens (tertiary/aromatic N) is 2. The third kappa shape index (κ3) is 7.03. The molecule has 2 nitrogen and oxygen atoms in total. The highest BCUT2D eigenvalue weighted by Crippen LogP contribution is 2.65. The number of anilines is 6. The van der Waals surface area contributed by atoms with Crippen LogP contribution in [0.4, 0.5) is 42.9 Å². The molecular weight excluding hydrogens is 847 g/mol. The van der Waals surface area contributed by atoms with E-state index in [-0.39, 0.29) is 11.6 Å². The summed E-state index contributed by atoms with van der Waals surface area (Å²) < 4.78 is 28.8. The smallest absolute Gasteiger partial charge is 0.123 e. The second-order valence-corrected chi connectivity index (χ2v) is 18.7. The molecule has 0 atom stereocenters. The summed E-state index contributed by atoms with van der Waals surface area (Å²) >= 11 is 0. The monoisotopic (exact) mass is 900 g/mol. The average Bonchev–Trinajstić information content (AvgIpc) is 3.86. The lowest BCUT2D eigenvalue weighted by atomic mass is 9.68. The fraction of sp³-hybridized carbons (Fsp3) is 0.138. The molecule has 0 radical (unpaired) electrons. The van der Waals surface area contributed by atoms with Gasteiger partial charge in [0, 0.05) is 34.1 Å². The lowest BCUT2D eigenvalue weighted by Gasteiger charge is -2.33. The Balaban J connectivity index is 0.00000257. The van der Waals surface area contributed by atoms with E-state index >= 15 is 0 Å². The van der Waals surface area contributed by atoms with Gasteiger partial charge < -0.3 is 9.80 Å². The second-order valence-electron chi connectivity index (χ2n) is 18.7. The maximum atomic E-state index is 14.4. The average molecular weight is 901 g/mol.